The van der Waals surface area contributed by atoms with Crippen molar-refractivity contribution >= 4 is 17.7 Å². The third kappa shape index (κ3) is 5.84. The number of hydrogen-bond donors (Lipinski definition) is 2. The highest BCUT2D eigenvalue weighted by Gasteiger charge is 2.07. The van der Waals surface area contributed by atoms with Gasteiger partial charge >= 0.3 is 12.0 Å². The van der Waals surface area contributed by atoms with Gasteiger partial charge in [-0.05, 0) is 49.7 Å². The molecule has 2 aromatic rings. The van der Waals surface area contributed by atoms with E-state index in [9.17, 15) is 9.59 Å². The minimum atomic E-state index is -0.383. The van der Waals surface area contributed by atoms with E-state index in [4.69, 9.17) is 9.47 Å². The van der Waals surface area contributed by atoms with E-state index in [-0.39, 0.29) is 12.0 Å². The Morgan fingerprint density at radius 1 is 1.04 bits per heavy atom. The van der Waals surface area contributed by atoms with Gasteiger partial charge in [0.1, 0.15) is 12.4 Å². The zero-order valence-corrected chi connectivity index (χ0v) is 14.4. The molecule has 0 atom stereocenters. The number of para-hydroxylation sites is 1. The fraction of sp³-hybridized carbons (Fsp3) is 0.263. The van der Waals surface area contributed by atoms with Crippen LogP contribution in [0.5, 0.6) is 5.75 Å². The highest BCUT2D eigenvalue weighted by Crippen LogP contribution is 2.15. The first-order valence-corrected chi connectivity index (χ1v) is 8.10. The van der Waals surface area contributed by atoms with Gasteiger partial charge in [-0.1, -0.05) is 18.2 Å². The van der Waals surface area contributed by atoms with Crippen molar-refractivity contribution in [3.8, 4) is 5.75 Å². The van der Waals surface area contributed by atoms with Crippen LogP contribution in [0.4, 0.5) is 10.5 Å². The molecule has 0 radical (unpaired) electrons. The van der Waals surface area contributed by atoms with Gasteiger partial charge < -0.3 is 20.1 Å². The van der Waals surface area contributed by atoms with Crippen molar-refractivity contribution in [2.24, 2.45) is 0 Å². The Labute approximate surface area is 147 Å². The van der Waals surface area contributed by atoms with Gasteiger partial charge in [-0.2, -0.15) is 0 Å². The van der Waals surface area contributed by atoms with Gasteiger partial charge in [-0.25, -0.2) is 9.59 Å². The summed E-state index contributed by atoms with van der Waals surface area (Å²) in [6.07, 6.45) is 0. The molecule has 0 fully saturated rings. The molecular formula is C19H22N2O4. The zero-order chi connectivity index (χ0) is 18.1. The minimum absolute atomic E-state index is 0.325. The van der Waals surface area contributed by atoms with Crippen LogP contribution in [-0.4, -0.2) is 31.8 Å². The Kier molecular flexibility index (Phi) is 6.83. The fourth-order valence-corrected chi connectivity index (χ4v) is 2.12. The molecule has 2 N–H and O–H groups in total. The number of carbonyl (C=O) groups is 2. The molecule has 0 aromatic heterocycles. The van der Waals surface area contributed by atoms with Crippen molar-refractivity contribution in [3.63, 3.8) is 0 Å². The molecule has 6 heteroatoms. The van der Waals surface area contributed by atoms with Crippen molar-refractivity contribution in [1.29, 1.82) is 0 Å². The molecule has 0 bridgehead atoms. The predicted octanol–water partition coefficient (Wildman–Crippen LogP) is 3.37. The number of ether oxygens (including phenoxy) is 2. The van der Waals surface area contributed by atoms with E-state index in [0.717, 1.165) is 11.3 Å². The largest absolute Gasteiger partial charge is 0.491 e. The van der Waals surface area contributed by atoms with Crippen LogP contribution in [0.1, 0.15) is 22.8 Å². The Morgan fingerprint density at radius 3 is 2.44 bits per heavy atom. The number of anilines is 1. The Balaban J connectivity index is 1.73. The molecule has 0 aliphatic carbocycles. The second-order valence-corrected chi connectivity index (χ2v) is 5.29. The van der Waals surface area contributed by atoms with Crippen molar-refractivity contribution in [1.82, 2.24) is 5.32 Å². The molecule has 25 heavy (non-hydrogen) atoms. The summed E-state index contributed by atoms with van der Waals surface area (Å²) in [5.41, 5.74) is 2.08. The molecule has 2 aromatic carbocycles. The average molecular weight is 342 g/mol. The fourth-order valence-electron chi connectivity index (χ4n) is 2.12. The van der Waals surface area contributed by atoms with Gasteiger partial charge in [0.25, 0.3) is 0 Å². The SMILES string of the molecule is CCOC(=O)c1ccc(NC(=O)NCCOc2ccccc2C)cc1. The molecule has 0 heterocycles. The molecular weight excluding hydrogens is 320 g/mol. The average Bonchev–Trinajstić information content (AvgIpc) is 2.61. The number of amides is 2. The standard InChI is InChI=1S/C19H22N2O4/c1-3-24-18(22)15-8-10-16(11-9-15)21-19(23)20-12-13-25-17-7-5-4-6-14(17)2/h4-11H,3,12-13H2,1-2H3,(H2,20,21,23). The van der Waals surface area contributed by atoms with Crippen LogP contribution < -0.4 is 15.4 Å². The van der Waals surface area contributed by atoms with E-state index in [1.54, 1.807) is 31.2 Å². The van der Waals surface area contributed by atoms with Crippen LogP contribution in [-0.2, 0) is 4.74 Å². The number of aryl methyl sites for hydroxylation is 1. The number of nitrogens with one attached hydrogen (secondary N) is 2. The van der Waals surface area contributed by atoms with Gasteiger partial charge in [0.2, 0.25) is 0 Å². The summed E-state index contributed by atoms with van der Waals surface area (Å²) in [6.45, 7) is 4.80. The molecule has 0 aliphatic heterocycles. The van der Waals surface area contributed by atoms with Crippen molar-refractivity contribution in [2.45, 2.75) is 13.8 Å². The van der Waals surface area contributed by atoms with Gasteiger partial charge in [-0.3, -0.25) is 0 Å². The summed E-state index contributed by atoms with van der Waals surface area (Å²) in [7, 11) is 0. The van der Waals surface area contributed by atoms with E-state index in [2.05, 4.69) is 10.6 Å². The van der Waals surface area contributed by atoms with E-state index < -0.39 is 0 Å². The monoisotopic (exact) mass is 342 g/mol. The van der Waals surface area contributed by atoms with Gasteiger partial charge in [0, 0.05) is 5.69 Å². The third-order valence-electron chi connectivity index (χ3n) is 3.39. The number of benzene rings is 2. The second-order valence-electron chi connectivity index (χ2n) is 5.29. The number of rotatable bonds is 7. The van der Waals surface area contributed by atoms with Gasteiger partial charge in [0.05, 0.1) is 18.7 Å². The summed E-state index contributed by atoms with van der Waals surface area (Å²) >= 11 is 0. The van der Waals surface area contributed by atoms with Crippen LogP contribution in [0.2, 0.25) is 0 Å². The third-order valence-corrected chi connectivity index (χ3v) is 3.39. The maximum Gasteiger partial charge on any atom is 0.338 e. The second kappa shape index (κ2) is 9.32. The molecule has 0 unspecified atom stereocenters. The zero-order valence-electron chi connectivity index (χ0n) is 14.4. The van der Waals surface area contributed by atoms with Crippen molar-refractivity contribution in [2.75, 3.05) is 25.1 Å². The van der Waals surface area contributed by atoms with Crippen LogP contribution in [0.25, 0.3) is 0 Å². The summed E-state index contributed by atoms with van der Waals surface area (Å²) < 4.78 is 10.5. The first kappa shape index (κ1) is 18.3. The number of carbonyl (C=O) groups excluding carboxylic acids is 2. The van der Waals surface area contributed by atoms with Crippen LogP contribution in [0, 0.1) is 6.92 Å². The summed E-state index contributed by atoms with van der Waals surface area (Å²) in [4.78, 5) is 23.4. The number of hydrogen-bond acceptors (Lipinski definition) is 4. The Hall–Kier alpha value is -3.02. The lowest BCUT2D eigenvalue weighted by Crippen LogP contribution is -2.32. The summed E-state index contributed by atoms with van der Waals surface area (Å²) in [5, 5.41) is 5.40. The molecule has 0 saturated heterocycles. The summed E-state index contributed by atoms with van der Waals surface area (Å²) in [6, 6.07) is 13.9. The van der Waals surface area contributed by atoms with Crippen molar-refractivity contribution < 1.29 is 19.1 Å². The van der Waals surface area contributed by atoms with E-state index in [0.29, 0.717) is 31.0 Å². The quantitative estimate of drug-likeness (QED) is 0.597. The Morgan fingerprint density at radius 2 is 1.76 bits per heavy atom. The topological polar surface area (TPSA) is 76.7 Å². The van der Waals surface area contributed by atoms with Gasteiger partial charge in [-0.15, -0.1) is 0 Å². The Bertz CT molecular complexity index is 714. The first-order chi connectivity index (χ1) is 12.1. The van der Waals surface area contributed by atoms with Crippen LogP contribution in [0.3, 0.4) is 0 Å². The number of urea groups is 1. The van der Waals surface area contributed by atoms with E-state index >= 15 is 0 Å². The van der Waals surface area contributed by atoms with Crippen LogP contribution in [0.15, 0.2) is 48.5 Å². The molecule has 0 spiro atoms. The number of esters is 1. The normalized spacial score (nSPS) is 10.0. The molecule has 0 aliphatic rings. The lowest BCUT2D eigenvalue weighted by molar-refractivity contribution is 0.0526. The lowest BCUT2D eigenvalue weighted by Gasteiger charge is -2.10. The highest BCUT2D eigenvalue weighted by atomic mass is 16.5. The molecule has 0 saturated carbocycles. The molecule has 132 valence electrons. The summed E-state index contributed by atoms with van der Waals surface area (Å²) in [5.74, 6) is 0.422. The van der Waals surface area contributed by atoms with Gasteiger partial charge in [0.15, 0.2) is 0 Å². The smallest absolute Gasteiger partial charge is 0.338 e. The highest BCUT2D eigenvalue weighted by molar-refractivity contribution is 5.92. The maximum absolute atomic E-state index is 11.8. The van der Waals surface area contributed by atoms with E-state index in [1.165, 1.54) is 0 Å². The predicted molar refractivity (Wildman–Crippen MR) is 96.1 cm³/mol. The van der Waals surface area contributed by atoms with Crippen molar-refractivity contribution in [3.05, 3.63) is 59.7 Å². The minimum Gasteiger partial charge on any atom is -0.491 e. The maximum atomic E-state index is 11.8. The first-order valence-electron chi connectivity index (χ1n) is 8.10. The molecule has 2 rings (SSSR count). The lowest BCUT2D eigenvalue weighted by atomic mass is 10.2. The van der Waals surface area contributed by atoms with Crippen LogP contribution >= 0.6 is 0 Å². The molecule has 2 amide bonds. The molecule has 6 nitrogen and oxygen atoms in total. The van der Waals surface area contributed by atoms with E-state index in [1.807, 2.05) is 31.2 Å².